The standard InChI is InChI=1S/C22H22O/c1-13-6-8-15-9-11-16-17-10-7-14(2)19(22(3,4)5)21(17)23-20(16)18(15)12-13/h6-12H,1-5H3/i1D3. The number of aryl methyl sites for hydroxylation is 2. The first-order valence-corrected chi connectivity index (χ1v) is 7.97. The molecule has 0 radical (unpaired) electrons. The number of hydrogen-bond donors (Lipinski definition) is 0. The van der Waals surface area contributed by atoms with E-state index in [1.54, 1.807) is 12.1 Å². The normalized spacial score (nSPS) is 15.0. The smallest absolute Gasteiger partial charge is 0.143 e. The third-order valence-electron chi connectivity index (χ3n) is 4.58. The van der Waals surface area contributed by atoms with Crippen LogP contribution in [0.5, 0.6) is 0 Å². The maximum absolute atomic E-state index is 7.71. The fourth-order valence-corrected chi connectivity index (χ4v) is 3.65. The largest absolute Gasteiger partial charge is 0.455 e. The van der Waals surface area contributed by atoms with Crippen molar-refractivity contribution in [2.45, 2.75) is 40.0 Å². The predicted octanol–water partition coefficient (Wildman–Crippen LogP) is 6.65. The topological polar surface area (TPSA) is 13.1 Å². The molecule has 116 valence electrons. The summed E-state index contributed by atoms with van der Waals surface area (Å²) in [4.78, 5) is 0. The zero-order chi connectivity index (χ0) is 18.9. The van der Waals surface area contributed by atoms with E-state index in [-0.39, 0.29) is 5.41 Å². The SMILES string of the molecule is [2H]C([2H])([2H])c1ccc2ccc3c4ccc(C)c(C(C)(C)C)c4oc3c2c1. The Balaban J connectivity index is 2.16. The third-order valence-corrected chi connectivity index (χ3v) is 4.58. The average molecular weight is 305 g/mol. The van der Waals surface area contributed by atoms with E-state index in [0.717, 1.165) is 32.7 Å². The van der Waals surface area contributed by atoms with Crippen molar-refractivity contribution < 1.29 is 8.53 Å². The Morgan fingerprint density at radius 3 is 2.30 bits per heavy atom. The van der Waals surface area contributed by atoms with Gasteiger partial charge < -0.3 is 4.42 Å². The van der Waals surface area contributed by atoms with Crippen LogP contribution in [-0.2, 0) is 5.41 Å². The van der Waals surface area contributed by atoms with Gasteiger partial charge in [0, 0.05) is 25.8 Å². The molecule has 0 unspecified atom stereocenters. The van der Waals surface area contributed by atoms with Gasteiger partial charge in [-0.15, -0.1) is 0 Å². The lowest BCUT2D eigenvalue weighted by atomic mass is 9.83. The fraction of sp³-hybridized carbons (Fsp3) is 0.273. The van der Waals surface area contributed by atoms with Crippen LogP contribution in [0.15, 0.2) is 46.9 Å². The molecule has 0 aliphatic heterocycles. The van der Waals surface area contributed by atoms with Crippen molar-refractivity contribution in [3.05, 3.63) is 59.2 Å². The van der Waals surface area contributed by atoms with Crippen molar-refractivity contribution in [1.29, 1.82) is 0 Å². The highest BCUT2D eigenvalue weighted by molar-refractivity contribution is 6.15. The molecule has 1 nitrogen and oxygen atoms in total. The summed E-state index contributed by atoms with van der Waals surface area (Å²) < 4.78 is 29.5. The molecule has 1 heterocycles. The third kappa shape index (κ3) is 2.07. The summed E-state index contributed by atoms with van der Waals surface area (Å²) >= 11 is 0. The Labute approximate surface area is 141 Å². The predicted molar refractivity (Wildman–Crippen MR) is 99.4 cm³/mol. The molecule has 0 aliphatic carbocycles. The average Bonchev–Trinajstić information content (AvgIpc) is 2.90. The van der Waals surface area contributed by atoms with Crippen LogP contribution in [0.4, 0.5) is 0 Å². The summed E-state index contributed by atoms with van der Waals surface area (Å²) in [5.74, 6) is 0. The van der Waals surface area contributed by atoms with Crippen LogP contribution >= 0.6 is 0 Å². The van der Waals surface area contributed by atoms with Gasteiger partial charge in [-0.1, -0.05) is 56.7 Å². The number of hydrogen-bond acceptors (Lipinski definition) is 1. The van der Waals surface area contributed by atoms with Crippen LogP contribution in [0.3, 0.4) is 0 Å². The lowest BCUT2D eigenvalue weighted by molar-refractivity contribution is 0.570. The van der Waals surface area contributed by atoms with Gasteiger partial charge in [-0.3, -0.25) is 0 Å². The van der Waals surface area contributed by atoms with Crippen molar-refractivity contribution >= 4 is 32.7 Å². The first-order chi connectivity index (χ1) is 12.1. The van der Waals surface area contributed by atoms with Crippen LogP contribution in [0.1, 0.15) is 41.6 Å². The molecule has 4 rings (SSSR count). The Morgan fingerprint density at radius 1 is 0.870 bits per heavy atom. The van der Waals surface area contributed by atoms with Crippen molar-refractivity contribution in [2.75, 3.05) is 0 Å². The molecule has 0 saturated carbocycles. The Morgan fingerprint density at radius 2 is 1.57 bits per heavy atom. The van der Waals surface area contributed by atoms with Crippen molar-refractivity contribution in [3.8, 4) is 0 Å². The minimum atomic E-state index is -2.13. The van der Waals surface area contributed by atoms with E-state index in [1.165, 1.54) is 11.1 Å². The summed E-state index contributed by atoms with van der Waals surface area (Å²) in [6.45, 7) is 6.54. The minimum Gasteiger partial charge on any atom is -0.455 e. The summed E-state index contributed by atoms with van der Waals surface area (Å²) in [5, 5.41) is 3.95. The second kappa shape index (κ2) is 4.61. The van der Waals surface area contributed by atoms with Gasteiger partial charge in [0.05, 0.1) is 0 Å². The summed E-state index contributed by atoms with van der Waals surface area (Å²) in [6, 6.07) is 13.6. The second-order valence-electron chi connectivity index (χ2n) is 7.36. The van der Waals surface area contributed by atoms with Gasteiger partial charge in [0.25, 0.3) is 0 Å². The number of rotatable bonds is 0. The molecule has 3 aromatic carbocycles. The highest BCUT2D eigenvalue weighted by atomic mass is 16.3. The highest BCUT2D eigenvalue weighted by Gasteiger charge is 2.23. The molecule has 0 N–H and O–H groups in total. The molecule has 0 amide bonds. The van der Waals surface area contributed by atoms with Crippen LogP contribution in [0.2, 0.25) is 0 Å². The van der Waals surface area contributed by atoms with Crippen LogP contribution in [0, 0.1) is 13.8 Å². The first-order valence-electron chi connectivity index (χ1n) is 9.47. The molecule has 0 saturated heterocycles. The van der Waals surface area contributed by atoms with Crippen molar-refractivity contribution in [3.63, 3.8) is 0 Å². The molecule has 0 spiro atoms. The molecular weight excluding hydrogens is 280 g/mol. The van der Waals surface area contributed by atoms with Crippen LogP contribution < -0.4 is 0 Å². The molecule has 4 aromatic rings. The summed E-state index contributed by atoms with van der Waals surface area (Å²) in [7, 11) is 0. The van der Waals surface area contributed by atoms with Gasteiger partial charge >= 0.3 is 0 Å². The fourth-order valence-electron chi connectivity index (χ4n) is 3.65. The van der Waals surface area contributed by atoms with E-state index < -0.39 is 6.85 Å². The quantitative estimate of drug-likeness (QED) is 0.354. The van der Waals surface area contributed by atoms with Crippen LogP contribution in [-0.4, -0.2) is 0 Å². The zero-order valence-corrected chi connectivity index (χ0v) is 13.9. The molecule has 0 bridgehead atoms. The minimum absolute atomic E-state index is 0.0445. The van der Waals surface area contributed by atoms with Crippen LogP contribution in [0.25, 0.3) is 32.7 Å². The lowest BCUT2D eigenvalue weighted by Crippen LogP contribution is -2.13. The van der Waals surface area contributed by atoms with Gasteiger partial charge in [0.2, 0.25) is 0 Å². The Hall–Kier alpha value is -2.28. The molecule has 1 aromatic heterocycles. The molecule has 0 atom stereocenters. The van der Waals surface area contributed by atoms with E-state index in [4.69, 9.17) is 8.53 Å². The number of fused-ring (bicyclic) bond motifs is 5. The van der Waals surface area contributed by atoms with Gasteiger partial charge in [-0.05, 0) is 42.3 Å². The molecule has 0 fully saturated rings. The monoisotopic (exact) mass is 305 g/mol. The van der Waals surface area contributed by atoms with E-state index in [9.17, 15) is 0 Å². The summed E-state index contributed by atoms with van der Waals surface area (Å²) in [5.41, 5.74) is 4.36. The maximum Gasteiger partial charge on any atom is 0.143 e. The molecule has 1 heteroatoms. The van der Waals surface area contributed by atoms with Gasteiger partial charge in [-0.2, -0.15) is 0 Å². The van der Waals surface area contributed by atoms with Gasteiger partial charge in [0.1, 0.15) is 11.2 Å². The Bertz CT molecular complexity index is 1160. The van der Waals surface area contributed by atoms with Gasteiger partial charge in [-0.25, -0.2) is 0 Å². The molecule has 0 aliphatic rings. The van der Waals surface area contributed by atoms with Crippen molar-refractivity contribution in [2.24, 2.45) is 0 Å². The second-order valence-corrected chi connectivity index (χ2v) is 7.36. The number of furan rings is 1. The maximum atomic E-state index is 7.71. The van der Waals surface area contributed by atoms with Gasteiger partial charge in [0.15, 0.2) is 0 Å². The van der Waals surface area contributed by atoms with E-state index in [0.29, 0.717) is 5.56 Å². The zero-order valence-electron chi connectivity index (χ0n) is 16.9. The Kier molecular flexibility index (Phi) is 2.26. The lowest BCUT2D eigenvalue weighted by Gasteiger charge is -2.21. The number of benzene rings is 3. The van der Waals surface area contributed by atoms with Crippen molar-refractivity contribution in [1.82, 2.24) is 0 Å². The summed E-state index contributed by atoms with van der Waals surface area (Å²) in [6.07, 6.45) is 0. The van der Waals surface area contributed by atoms with E-state index >= 15 is 0 Å². The van der Waals surface area contributed by atoms with E-state index in [1.807, 2.05) is 12.1 Å². The van der Waals surface area contributed by atoms with E-state index in [2.05, 4.69) is 45.9 Å². The molecular formula is C22H22O. The highest BCUT2D eigenvalue weighted by Crippen LogP contribution is 2.40. The first kappa shape index (κ1) is 11.3. The molecule has 23 heavy (non-hydrogen) atoms.